The van der Waals surface area contributed by atoms with Gasteiger partial charge in [0.25, 0.3) is 5.91 Å². The maximum atomic E-state index is 13.6. The van der Waals surface area contributed by atoms with Gasteiger partial charge in [-0.05, 0) is 51.3 Å². The van der Waals surface area contributed by atoms with Gasteiger partial charge in [-0.1, -0.05) is 36.5 Å². The number of carbonyl (C=O) groups excluding carboxylic acids is 1. The third-order valence-electron chi connectivity index (χ3n) is 5.91. The molecule has 2 aromatic rings. The van der Waals surface area contributed by atoms with E-state index >= 15 is 0 Å². The zero-order valence-electron chi connectivity index (χ0n) is 20.6. The number of rotatable bonds is 9. The molecule has 36 heavy (non-hydrogen) atoms. The predicted molar refractivity (Wildman–Crippen MR) is 141 cm³/mol. The standard InChI is InChI=1S/C24H31Cl2FN4O4S/c1-5-6-17-11-15(9-10-31(17)22-8-7-16(14-28-22)30-36(4,33)34)29-23(32)24(2,3)35-21-13-18(25)20(27)12-19(21)26/h7-8,12-15,17,30H,5-6,9-11H2,1-4H3,(H,29,32). The Hall–Kier alpha value is -2.30. The molecule has 0 radical (unpaired) electrons. The minimum atomic E-state index is -3.38. The lowest BCUT2D eigenvalue weighted by molar-refractivity contribution is -0.135. The molecule has 2 atom stereocenters. The van der Waals surface area contributed by atoms with Crippen LogP contribution in [-0.2, 0) is 14.8 Å². The molecule has 1 aliphatic heterocycles. The average Bonchev–Trinajstić information content (AvgIpc) is 2.77. The fraction of sp³-hybridized carbons (Fsp3) is 0.500. The molecule has 0 aliphatic carbocycles. The summed E-state index contributed by atoms with van der Waals surface area (Å²) in [5, 5.41) is 2.97. The number of aromatic nitrogens is 1. The van der Waals surface area contributed by atoms with E-state index in [-0.39, 0.29) is 33.8 Å². The molecule has 198 valence electrons. The number of pyridine rings is 1. The van der Waals surface area contributed by atoms with Crippen LogP contribution in [0, 0.1) is 5.82 Å². The van der Waals surface area contributed by atoms with Crippen LogP contribution in [0.5, 0.6) is 5.75 Å². The first-order valence-electron chi connectivity index (χ1n) is 11.6. The quantitative estimate of drug-likeness (QED) is 0.418. The Kier molecular flexibility index (Phi) is 8.95. The fourth-order valence-corrected chi connectivity index (χ4v) is 5.08. The largest absolute Gasteiger partial charge is 0.476 e. The number of hydrogen-bond acceptors (Lipinski definition) is 6. The van der Waals surface area contributed by atoms with Crippen molar-refractivity contribution in [3.63, 3.8) is 0 Å². The highest BCUT2D eigenvalue weighted by Crippen LogP contribution is 2.33. The monoisotopic (exact) mass is 560 g/mol. The number of halogens is 3. The van der Waals surface area contributed by atoms with E-state index in [4.69, 9.17) is 27.9 Å². The van der Waals surface area contributed by atoms with Crippen LogP contribution in [0.25, 0.3) is 0 Å². The molecule has 1 saturated heterocycles. The van der Waals surface area contributed by atoms with Gasteiger partial charge in [0.2, 0.25) is 10.0 Å². The van der Waals surface area contributed by atoms with Crippen LogP contribution in [0.1, 0.15) is 46.5 Å². The molecule has 1 aromatic heterocycles. The number of hydrogen-bond donors (Lipinski definition) is 2. The summed E-state index contributed by atoms with van der Waals surface area (Å²) >= 11 is 11.9. The normalized spacial score (nSPS) is 18.6. The van der Waals surface area contributed by atoms with E-state index in [0.29, 0.717) is 25.1 Å². The van der Waals surface area contributed by atoms with Gasteiger partial charge in [0, 0.05) is 24.7 Å². The summed E-state index contributed by atoms with van der Waals surface area (Å²) in [6.45, 7) is 6.00. The molecule has 1 aromatic carbocycles. The van der Waals surface area contributed by atoms with Gasteiger partial charge in [-0.2, -0.15) is 0 Å². The second-order valence-electron chi connectivity index (χ2n) is 9.42. The van der Waals surface area contributed by atoms with Crippen LogP contribution < -0.4 is 19.7 Å². The van der Waals surface area contributed by atoms with Crippen molar-refractivity contribution in [2.45, 2.75) is 64.1 Å². The van der Waals surface area contributed by atoms with Crippen LogP contribution in [0.4, 0.5) is 15.9 Å². The number of sulfonamides is 1. The summed E-state index contributed by atoms with van der Waals surface area (Å²) < 4.78 is 44.7. The highest BCUT2D eigenvalue weighted by Gasteiger charge is 2.35. The van der Waals surface area contributed by atoms with E-state index in [1.165, 1.54) is 12.3 Å². The van der Waals surface area contributed by atoms with Gasteiger partial charge in [-0.3, -0.25) is 9.52 Å². The van der Waals surface area contributed by atoms with Gasteiger partial charge in [-0.25, -0.2) is 17.8 Å². The van der Waals surface area contributed by atoms with Crippen molar-refractivity contribution < 1.29 is 22.3 Å². The first-order chi connectivity index (χ1) is 16.8. The van der Waals surface area contributed by atoms with Crippen LogP contribution in [0.3, 0.4) is 0 Å². The second kappa shape index (κ2) is 11.4. The van der Waals surface area contributed by atoms with Crippen molar-refractivity contribution >= 4 is 50.6 Å². The Balaban J connectivity index is 1.66. The van der Waals surface area contributed by atoms with Gasteiger partial charge < -0.3 is 15.0 Å². The van der Waals surface area contributed by atoms with E-state index in [0.717, 1.165) is 31.0 Å². The zero-order chi connectivity index (χ0) is 26.7. The number of piperidine rings is 1. The number of anilines is 2. The Bertz CT molecular complexity index is 1200. The zero-order valence-corrected chi connectivity index (χ0v) is 23.0. The molecule has 1 fully saturated rings. The lowest BCUT2D eigenvalue weighted by atomic mass is 9.93. The highest BCUT2D eigenvalue weighted by atomic mass is 35.5. The average molecular weight is 562 g/mol. The molecule has 0 spiro atoms. The molecule has 2 heterocycles. The van der Waals surface area contributed by atoms with E-state index in [9.17, 15) is 17.6 Å². The molecular weight excluding hydrogens is 530 g/mol. The molecule has 12 heteroatoms. The maximum absolute atomic E-state index is 13.6. The van der Waals surface area contributed by atoms with Crippen molar-refractivity contribution in [2.24, 2.45) is 0 Å². The van der Waals surface area contributed by atoms with Crippen LogP contribution in [0.15, 0.2) is 30.5 Å². The Morgan fingerprint density at radius 2 is 2.00 bits per heavy atom. The van der Waals surface area contributed by atoms with Crippen molar-refractivity contribution in [1.82, 2.24) is 10.3 Å². The van der Waals surface area contributed by atoms with Gasteiger partial charge >= 0.3 is 0 Å². The van der Waals surface area contributed by atoms with Gasteiger partial charge in [-0.15, -0.1) is 0 Å². The molecule has 0 bridgehead atoms. The number of ether oxygens (including phenoxy) is 1. The van der Waals surface area contributed by atoms with Crippen molar-refractivity contribution in [3.8, 4) is 5.75 Å². The Labute approximate surface area is 221 Å². The molecule has 1 aliphatic rings. The molecule has 0 saturated carbocycles. The Morgan fingerprint density at radius 1 is 1.28 bits per heavy atom. The van der Waals surface area contributed by atoms with E-state index in [1.807, 2.05) is 0 Å². The summed E-state index contributed by atoms with van der Waals surface area (Å²) in [4.78, 5) is 19.7. The third kappa shape index (κ3) is 7.36. The lowest BCUT2D eigenvalue weighted by Crippen LogP contribution is -2.55. The third-order valence-corrected chi connectivity index (χ3v) is 7.10. The fourth-order valence-electron chi connectivity index (χ4n) is 4.18. The van der Waals surface area contributed by atoms with Crippen molar-refractivity contribution in [3.05, 3.63) is 46.3 Å². The smallest absolute Gasteiger partial charge is 0.263 e. The number of nitrogens with zero attached hydrogens (tertiary/aromatic N) is 2. The van der Waals surface area contributed by atoms with Crippen LogP contribution in [0.2, 0.25) is 10.0 Å². The number of nitrogens with one attached hydrogen (secondary N) is 2. The van der Waals surface area contributed by atoms with Crippen molar-refractivity contribution in [1.29, 1.82) is 0 Å². The molecule has 8 nitrogen and oxygen atoms in total. The molecule has 1 amide bonds. The Morgan fingerprint density at radius 3 is 2.61 bits per heavy atom. The number of amides is 1. The SMILES string of the molecule is CCCC1CC(NC(=O)C(C)(C)Oc2cc(Cl)c(F)cc2Cl)CCN1c1ccc(NS(C)(=O)=O)cn1. The maximum Gasteiger partial charge on any atom is 0.263 e. The topological polar surface area (TPSA) is 101 Å². The summed E-state index contributed by atoms with van der Waals surface area (Å²) in [5.74, 6) is -0.103. The molecule has 3 rings (SSSR count). The van der Waals surface area contributed by atoms with Gasteiger partial charge in [0.15, 0.2) is 5.60 Å². The first-order valence-corrected chi connectivity index (χ1v) is 14.3. The summed E-state index contributed by atoms with van der Waals surface area (Å²) in [5.41, 5.74) is -0.869. The van der Waals surface area contributed by atoms with Gasteiger partial charge in [0.05, 0.1) is 28.2 Å². The minimum absolute atomic E-state index is 0.0272. The van der Waals surface area contributed by atoms with Crippen LogP contribution in [-0.4, -0.2) is 49.8 Å². The summed E-state index contributed by atoms with van der Waals surface area (Å²) in [7, 11) is -3.38. The van der Waals surface area contributed by atoms with E-state index in [1.54, 1.807) is 26.0 Å². The molecule has 2 unspecified atom stereocenters. The van der Waals surface area contributed by atoms with E-state index in [2.05, 4.69) is 26.8 Å². The number of benzene rings is 1. The summed E-state index contributed by atoms with van der Waals surface area (Å²) in [6, 6.07) is 5.86. The first kappa shape index (κ1) is 28.3. The molecular formula is C24H31Cl2FN4O4S. The summed E-state index contributed by atoms with van der Waals surface area (Å²) in [6.07, 6.45) is 5.85. The van der Waals surface area contributed by atoms with Crippen molar-refractivity contribution in [2.75, 3.05) is 22.4 Å². The van der Waals surface area contributed by atoms with E-state index < -0.39 is 21.4 Å². The number of carbonyl (C=O) groups is 1. The highest BCUT2D eigenvalue weighted by molar-refractivity contribution is 7.92. The van der Waals surface area contributed by atoms with Crippen LogP contribution >= 0.6 is 23.2 Å². The minimum Gasteiger partial charge on any atom is -0.476 e. The van der Waals surface area contributed by atoms with Gasteiger partial charge in [0.1, 0.15) is 17.4 Å². The lowest BCUT2D eigenvalue weighted by Gasteiger charge is -2.41. The predicted octanol–water partition coefficient (Wildman–Crippen LogP) is 5.01. The molecule has 2 N–H and O–H groups in total. The second-order valence-corrected chi connectivity index (χ2v) is 12.0.